The van der Waals surface area contributed by atoms with Crippen molar-refractivity contribution in [1.29, 1.82) is 5.26 Å². The number of nitriles is 1. The van der Waals surface area contributed by atoms with Gasteiger partial charge in [-0.3, -0.25) is 0 Å². The van der Waals surface area contributed by atoms with Crippen molar-refractivity contribution in [3.63, 3.8) is 0 Å². The molecule has 0 radical (unpaired) electrons. The van der Waals surface area contributed by atoms with Gasteiger partial charge in [-0.1, -0.05) is 24.3 Å². The van der Waals surface area contributed by atoms with Crippen LogP contribution in [0, 0.1) is 11.3 Å². The highest BCUT2D eigenvalue weighted by atomic mass is 31.0. The molecule has 2 atom stereocenters. The first-order chi connectivity index (χ1) is 11.3. The molecule has 2 aromatic carbocycles. The normalized spacial score (nSPS) is 16.1. The molecule has 4 nitrogen and oxygen atoms in total. The monoisotopic (exact) mass is 320 g/mol. The van der Waals surface area contributed by atoms with Crippen molar-refractivity contribution in [3.05, 3.63) is 59.7 Å². The second-order valence-electron chi connectivity index (χ2n) is 5.34. The highest BCUT2D eigenvalue weighted by Gasteiger charge is 2.18. The molecule has 0 saturated heterocycles. The Morgan fingerprint density at radius 2 is 1.87 bits per heavy atom. The molecule has 114 valence electrons. The van der Waals surface area contributed by atoms with Gasteiger partial charge in [-0.05, 0) is 35.1 Å². The van der Waals surface area contributed by atoms with Gasteiger partial charge in [0.2, 0.25) is 0 Å². The van der Waals surface area contributed by atoms with Crippen LogP contribution in [-0.2, 0) is 6.54 Å². The summed E-state index contributed by atoms with van der Waals surface area (Å²) in [4.78, 5) is 10.8. The summed E-state index contributed by atoms with van der Waals surface area (Å²) >= 11 is 0. The lowest BCUT2D eigenvalue weighted by Crippen LogP contribution is -2.35. The van der Waals surface area contributed by atoms with Crippen LogP contribution in [-0.4, -0.2) is 18.7 Å². The molecule has 0 bridgehead atoms. The minimum atomic E-state index is 0.0242. The van der Waals surface area contributed by atoms with Crippen molar-refractivity contribution in [1.82, 2.24) is 0 Å². The Morgan fingerprint density at radius 3 is 2.48 bits per heavy atom. The van der Waals surface area contributed by atoms with Crippen molar-refractivity contribution in [2.45, 2.75) is 19.1 Å². The number of anilines is 1. The summed E-state index contributed by atoms with van der Waals surface area (Å²) in [5, 5.41) is 10.1. The van der Waals surface area contributed by atoms with Crippen molar-refractivity contribution in [2.75, 3.05) is 4.90 Å². The summed E-state index contributed by atoms with van der Waals surface area (Å²) in [6.07, 6.45) is 4.30. The SMILES string of the molecule is N#Cc1ccc(N(Cc2ccc(P)cc2)C2CC=NC=N2)cc1. The van der Waals surface area contributed by atoms with Crippen LogP contribution < -0.4 is 10.2 Å². The first-order valence-electron chi connectivity index (χ1n) is 7.41. The van der Waals surface area contributed by atoms with E-state index in [1.807, 2.05) is 30.5 Å². The lowest BCUT2D eigenvalue weighted by Gasteiger charge is -2.31. The Balaban J connectivity index is 1.89. The summed E-state index contributed by atoms with van der Waals surface area (Å²) in [5.74, 6) is 0. The van der Waals surface area contributed by atoms with Crippen LogP contribution in [0.25, 0.3) is 0 Å². The number of hydrogen-bond donors (Lipinski definition) is 0. The fraction of sp³-hybridized carbons (Fsp3) is 0.167. The predicted molar refractivity (Wildman–Crippen MR) is 98.5 cm³/mol. The summed E-state index contributed by atoms with van der Waals surface area (Å²) in [5.41, 5.74) is 2.93. The van der Waals surface area contributed by atoms with Crippen molar-refractivity contribution < 1.29 is 0 Å². The average Bonchev–Trinajstić information content (AvgIpc) is 2.62. The van der Waals surface area contributed by atoms with Gasteiger partial charge in [0, 0.05) is 24.9 Å². The van der Waals surface area contributed by atoms with E-state index in [-0.39, 0.29) is 6.17 Å². The molecule has 0 saturated carbocycles. The summed E-state index contributed by atoms with van der Waals surface area (Å²) in [7, 11) is 2.70. The summed E-state index contributed by atoms with van der Waals surface area (Å²) in [6, 6.07) is 18.2. The minimum absolute atomic E-state index is 0.0242. The molecular weight excluding hydrogens is 303 g/mol. The van der Waals surface area contributed by atoms with Gasteiger partial charge in [-0.15, -0.1) is 9.24 Å². The number of aliphatic imine (C=N–C) groups is 2. The molecule has 2 aromatic rings. The Kier molecular flexibility index (Phi) is 4.80. The van der Waals surface area contributed by atoms with Crippen LogP contribution >= 0.6 is 9.24 Å². The lowest BCUT2D eigenvalue weighted by atomic mass is 10.1. The topological polar surface area (TPSA) is 51.8 Å². The van der Waals surface area contributed by atoms with Gasteiger partial charge in [0.25, 0.3) is 0 Å². The molecule has 23 heavy (non-hydrogen) atoms. The number of rotatable bonds is 4. The van der Waals surface area contributed by atoms with Gasteiger partial charge >= 0.3 is 0 Å². The van der Waals surface area contributed by atoms with Crippen LogP contribution in [0.2, 0.25) is 0 Å². The van der Waals surface area contributed by atoms with E-state index in [0.29, 0.717) is 5.56 Å². The van der Waals surface area contributed by atoms with Crippen LogP contribution in [0.5, 0.6) is 0 Å². The van der Waals surface area contributed by atoms with E-state index in [4.69, 9.17) is 5.26 Å². The zero-order valence-electron chi connectivity index (χ0n) is 12.6. The molecule has 0 spiro atoms. The average molecular weight is 320 g/mol. The number of benzene rings is 2. The highest BCUT2D eigenvalue weighted by Crippen LogP contribution is 2.23. The first kappa shape index (κ1) is 15.4. The lowest BCUT2D eigenvalue weighted by molar-refractivity contribution is 0.630. The smallest absolute Gasteiger partial charge is 0.128 e. The number of hydrogen-bond acceptors (Lipinski definition) is 4. The highest BCUT2D eigenvalue weighted by molar-refractivity contribution is 7.27. The quantitative estimate of drug-likeness (QED) is 0.813. The van der Waals surface area contributed by atoms with Crippen LogP contribution in [0.3, 0.4) is 0 Å². The fourth-order valence-corrected chi connectivity index (χ4v) is 2.69. The minimum Gasteiger partial charge on any atom is -0.345 e. The zero-order chi connectivity index (χ0) is 16.1. The fourth-order valence-electron chi connectivity index (χ4n) is 2.50. The molecule has 0 amide bonds. The summed E-state index contributed by atoms with van der Waals surface area (Å²) < 4.78 is 0. The molecule has 1 heterocycles. The number of nitrogens with zero attached hydrogens (tertiary/aromatic N) is 4. The molecular formula is C18H17N4P. The third-order valence-electron chi connectivity index (χ3n) is 3.75. The zero-order valence-corrected chi connectivity index (χ0v) is 13.8. The molecule has 3 rings (SSSR count). The summed E-state index contributed by atoms with van der Waals surface area (Å²) in [6.45, 7) is 0.757. The maximum atomic E-state index is 8.97. The van der Waals surface area contributed by atoms with E-state index in [9.17, 15) is 0 Å². The van der Waals surface area contributed by atoms with E-state index in [2.05, 4.69) is 54.5 Å². The van der Waals surface area contributed by atoms with Crippen molar-refractivity contribution in [3.8, 4) is 6.07 Å². The van der Waals surface area contributed by atoms with E-state index in [0.717, 1.165) is 18.7 Å². The Hall–Kier alpha value is -2.50. The first-order valence-corrected chi connectivity index (χ1v) is 7.98. The Bertz CT molecular complexity index is 757. The van der Waals surface area contributed by atoms with E-state index < -0.39 is 0 Å². The third kappa shape index (κ3) is 3.83. The van der Waals surface area contributed by atoms with E-state index in [1.54, 1.807) is 6.34 Å². The second-order valence-corrected chi connectivity index (χ2v) is 6.01. The Labute approximate surface area is 138 Å². The second kappa shape index (κ2) is 7.17. The molecule has 1 aliphatic rings. The van der Waals surface area contributed by atoms with Crippen molar-refractivity contribution in [2.24, 2.45) is 9.98 Å². The Morgan fingerprint density at radius 1 is 1.13 bits per heavy atom. The van der Waals surface area contributed by atoms with E-state index in [1.165, 1.54) is 10.9 Å². The van der Waals surface area contributed by atoms with Gasteiger partial charge in [0.1, 0.15) is 12.5 Å². The van der Waals surface area contributed by atoms with E-state index >= 15 is 0 Å². The molecule has 0 aromatic heterocycles. The molecule has 0 fully saturated rings. The van der Waals surface area contributed by atoms with Crippen molar-refractivity contribution >= 4 is 32.8 Å². The standard InChI is InChI=1S/C18H17N4P/c19-11-14-1-5-16(6-2-14)22(18-9-10-20-13-21-18)12-15-3-7-17(23)8-4-15/h1-8,10,13,18H,9,12,23H2. The van der Waals surface area contributed by atoms with Gasteiger partial charge < -0.3 is 4.90 Å². The van der Waals surface area contributed by atoms with Gasteiger partial charge in [-0.25, -0.2) is 9.98 Å². The van der Waals surface area contributed by atoms with Gasteiger partial charge in [0.15, 0.2) is 0 Å². The van der Waals surface area contributed by atoms with Crippen LogP contribution in [0.1, 0.15) is 17.5 Å². The maximum Gasteiger partial charge on any atom is 0.128 e. The molecule has 0 aliphatic carbocycles. The van der Waals surface area contributed by atoms with Gasteiger partial charge in [0.05, 0.1) is 11.6 Å². The maximum absolute atomic E-state index is 8.97. The molecule has 0 N–H and O–H groups in total. The van der Waals surface area contributed by atoms with Gasteiger partial charge in [-0.2, -0.15) is 5.26 Å². The third-order valence-corrected chi connectivity index (χ3v) is 4.13. The largest absolute Gasteiger partial charge is 0.345 e. The molecule has 5 heteroatoms. The van der Waals surface area contributed by atoms with Crippen LogP contribution in [0.15, 0.2) is 58.5 Å². The molecule has 2 unspecified atom stereocenters. The van der Waals surface area contributed by atoms with Crippen LogP contribution in [0.4, 0.5) is 5.69 Å². The molecule has 1 aliphatic heterocycles. The predicted octanol–water partition coefficient (Wildman–Crippen LogP) is 2.89.